The largest absolute Gasteiger partial charge is 0.304 e. The van der Waals surface area contributed by atoms with Crippen LogP contribution in [0.25, 0.3) is 0 Å². The van der Waals surface area contributed by atoms with E-state index in [4.69, 9.17) is 5.26 Å². The molecule has 2 atom stereocenters. The molecule has 2 aromatic rings. The van der Waals surface area contributed by atoms with E-state index in [0.29, 0.717) is 11.1 Å². The SMILES string of the molecule is CC(NC(C)c1ccccc1F)c1ccc(C#N)cc1. The molecule has 0 radical (unpaired) electrons. The molecule has 0 bridgehead atoms. The number of nitrogens with zero attached hydrogens (tertiary/aromatic N) is 1. The third kappa shape index (κ3) is 3.23. The van der Waals surface area contributed by atoms with Gasteiger partial charge in [0.05, 0.1) is 11.6 Å². The summed E-state index contributed by atoms with van der Waals surface area (Å²) in [7, 11) is 0. The molecule has 20 heavy (non-hydrogen) atoms. The Morgan fingerprint density at radius 2 is 1.65 bits per heavy atom. The molecule has 2 unspecified atom stereocenters. The highest BCUT2D eigenvalue weighted by atomic mass is 19.1. The maximum absolute atomic E-state index is 13.7. The number of nitriles is 1. The third-order valence-corrected chi connectivity index (χ3v) is 3.41. The van der Waals surface area contributed by atoms with Crippen molar-refractivity contribution in [1.82, 2.24) is 5.32 Å². The molecule has 102 valence electrons. The Kier molecular flexibility index (Phi) is 4.49. The first-order chi connectivity index (χ1) is 9.61. The van der Waals surface area contributed by atoms with Gasteiger partial charge in [0.15, 0.2) is 0 Å². The quantitative estimate of drug-likeness (QED) is 0.905. The summed E-state index contributed by atoms with van der Waals surface area (Å²) in [6.45, 7) is 3.97. The van der Waals surface area contributed by atoms with Crippen LogP contribution in [0.1, 0.15) is 42.6 Å². The summed E-state index contributed by atoms with van der Waals surface area (Å²) in [6, 6.07) is 16.3. The summed E-state index contributed by atoms with van der Waals surface area (Å²) in [4.78, 5) is 0. The van der Waals surface area contributed by atoms with Crippen LogP contribution in [0.2, 0.25) is 0 Å². The van der Waals surface area contributed by atoms with Crippen molar-refractivity contribution in [3.63, 3.8) is 0 Å². The maximum atomic E-state index is 13.7. The fourth-order valence-corrected chi connectivity index (χ4v) is 2.23. The van der Waals surface area contributed by atoms with E-state index >= 15 is 0 Å². The average molecular weight is 268 g/mol. The number of rotatable bonds is 4. The molecule has 0 aromatic heterocycles. The summed E-state index contributed by atoms with van der Waals surface area (Å²) < 4.78 is 13.7. The van der Waals surface area contributed by atoms with Crippen molar-refractivity contribution in [3.8, 4) is 6.07 Å². The average Bonchev–Trinajstić information content (AvgIpc) is 2.47. The Labute approximate surface area is 118 Å². The highest BCUT2D eigenvalue weighted by Crippen LogP contribution is 2.21. The summed E-state index contributed by atoms with van der Waals surface area (Å²) in [5.74, 6) is -0.195. The first kappa shape index (κ1) is 14.2. The molecule has 3 heteroatoms. The van der Waals surface area contributed by atoms with Crippen LogP contribution in [0.3, 0.4) is 0 Å². The molecule has 2 aromatic carbocycles. The monoisotopic (exact) mass is 268 g/mol. The second kappa shape index (κ2) is 6.31. The fourth-order valence-electron chi connectivity index (χ4n) is 2.23. The van der Waals surface area contributed by atoms with Gasteiger partial charge in [0.2, 0.25) is 0 Å². The molecule has 0 aliphatic carbocycles. The number of nitrogens with one attached hydrogen (secondary N) is 1. The lowest BCUT2D eigenvalue weighted by Gasteiger charge is -2.21. The minimum Gasteiger partial charge on any atom is -0.304 e. The first-order valence-electron chi connectivity index (χ1n) is 6.62. The molecule has 0 fully saturated rings. The van der Waals surface area contributed by atoms with Gasteiger partial charge in [-0.25, -0.2) is 4.39 Å². The van der Waals surface area contributed by atoms with Crippen LogP contribution < -0.4 is 5.32 Å². The molecule has 2 nitrogen and oxygen atoms in total. The minimum absolute atomic E-state index is 0.0809. The van der Waals surface area contributed by atoms with Crippen LogP contribution in [0, 0.1) is 17.1 Å². The number of hydrogen-bond donors (Lipinski definition) is 1. The third-order valence-electron chi connectivity index (χ3n) is 3.41. The van der Waals surface area contributed by atoms with Gasteiger partial charge in [-0.2, -0.15) is 5.26 Å². The van der Waals surface area contributed by atoms with Crippen LogP contribution in [-0.4, -0.2) is 0 Å². The van der Waals surface area contributed by atoms with Gasteiger partial charge >= 0.3 is 0 Å². The Morgan fingerprint density at radius 1 is 1.00 bits per heavy atom. The second-order valence-electron chi connectivity index (χ2n) is 4.87. The van der Waals surface area contributed by atoms with Gasteiger partial charge in [-0.3, -0.25) is 0 Å². The molecule has 2 rings (SSSR count). The molecule has 0 saturated carbocycles. The van der Waals surface area contributed by atoms with Gasteiger partial charge in [0, 0.05) is 17.6 Å². The van der Waals surface area contributed by atoms with Crippen molar-refractivity contribution < 1.29 is 4.39 Å². The fraction of sp³-hybridized carbons (Fsp3) is 0.235. The molecule has 0 amide bonds. The Balaban J connectivity index is 2.09. The lowest BCUT2D eigenvalue weighted by molar-refractivity contribution is 0.474. The van der Waals surface area contributed by atoms with E-state index < -0.39 is 0 Å². The van der Waals surface area contributed by atoms with Crippen molar-refractivity contribution in [2.45, 2.75) is 25.9 Å². The minimum atomic E-state index is -0.195. The Morgan fingerprint density at radius 3 is 2.25 bits per heavy atom. The van der Waals surface area contributed by atoms with Crippen molar-refractivity contribution in [3.05, 3.63) is 71.0 Å². The highest BCUT2D eigenvalue weighted by molar-refractivity contribution is 5.33. The molecule has 0 spiro atoms. The summed E-state index contributed by atoms with van der Waals surface area (Å²) >= 11 is 0. The molecule has 0 aliphatic heterocycles. The van der Waals surface area contributed by atoms with E-state index in [1.54, 1.807) is 24.3 Å². The predicted molar refractivity (Wildman–Crippen MR) is 77.5 cm³/mol. The Hall–Kier alpha value is -2.18. The molecule has 1 N–H and O–H groups in total. The summed E-state index contributed by atoms with van der Waals surface area (Å²) in [5, 5.41) is 12.2. The van der Waals surface area contributed by atoms with Crippen molar-refractivity contribution in [2.24, 2.45) is 0 Å². The standard InChI is InChI=1S/C17H17FN2/c1-12(15-9-7-14(11-19)8-10-15)20-13(2)16-5-3-4-6-17(16)18/h3-10,12-13,20H,1-2H3. The van der Waals surface area contributed by atoms with Crippen molar-refractivity contribution in [1.29, 1.82) is 5.26 Å². The van der Waals surface area contributed by atoms with E-state index in [9.17, 15) is 4.39 Å². The normalized spacial score (nSPS) is 13.5. The first-order valence-corrected chi connectivity index (χ1v) is 6.62. The van der Waals surface area contributed by atoms with Gasteiger partial charge < -0.3 is 5.32 Å². The number of hydrogen-bond acceptors (Lipinski definition) is 2. The maximum Gasteiger partial charge on any atom is 0.127 e. The van der Waals surface area contributed by atoms with Crippen molar-refractivity contribution >= 4 is 0 Å². The van der Waals surface area contributed by atoms with E-state index in [1.165, 1.54) is 6.07 Å². The van der Waals surface area contributed by atoms with Crippen LogP contribution in [-0.2, 0) is 0 Å². The zero-order valence-corrected chi connectivity index (χ0v) is 11.6. The predicted octanol–water partition coefficient (Wildman–Crippen LogP) is 4.11. The van der Waals surface area contributed by atoms with Gasteiger partial charge in [0.1, 0.15) is 5.82 Å². The Bertz CT molecular complexity index is 614. The molecular formula is C17H17FN2. The smallest absolute Gasteiger partial charge is 0.127 e. The van der Waals surface area contributed by atoms with Crippen LogP contribution >= 0.6 is 0 Å². The molecular weight excluding hydrogens is 251 g/mol. The van der Waals surface area contributed by atoms with Gasteiger partial charge in [-0.1, -0.05) is 30.3 Å². The zero-order valence-electron chi connectivity index (χ0n) is 11.6. The number of benzene rings is 2. The van der Waals surface area contributed by atoms with Gasteiger partial charge in [-0.05, 0) is 37.6 Å². The van der Waals surface area contributed by atoms with Gasteiger partial charge in [-0.15, -0.1) is 0 Å². The molecule has 0 heterocycles. The number of halogens is 1. The second-order valence-corrected chi connectivity index (χ2v) is 4.87. The van der Waals surface area contributed by atoms with Crippen molar-refractivity contribution in [2.75, 3.05) is 0 Å². The van der Waals surface area contributed by atoms with Crippen LogP contribution in [0.15, 0.2) is 48.5 Å². The van der Waals surface area contributed by atoms with E-state index in [0.717, 1.165) is 5.56 Å². The van der Waals surface area contributed by atoms with E-state index in [1.807, 2.05) is 32.0 Å². The summed E-state index contributed by atoms with van der Waals surface area (Å²) in [5.41, 5.74) is 2.38. The lowest BCUT2D eigenvalue weighted by atomic mass is 10.0. The topological polar surface area (TPSA) is 35.8 Å². The van der Waals surface area contributed by atoms with Crippen LogP contribution in [0.5, 0.6) is 0 Å². The lowest BCUT2D eigenvalue weighted by Crippen LogP contribution is -2.23. The van der Waals surface area contributed by atoms with E-state index in [-0.39, 0.29) is 17.9 Å². The zero-order chi connectivity index (χ0) is 14.5. The molecule has 0 saturated heterocycles. The molecule has 0 aliphatic rings. The van der Waals surface area contributed by atoms with E-state index in [2.05, 4.69) is 11.4 Å². The van der Waals surface area contributed by atoms with Crippen LogP contribution in [0.4, 0.5) is 4.39 Å². The summed E-state index contributed by atoms with van der Waals surface area (Å²) in [6.07, 6.45) is 0. The highest BCUT2D eigenvalue weighted by Gasteiger charge is 2.13. The van der Waals surface area contributed by atoms with Gasteiger partial charge in [0.25, 0.3) is 0 Å².